The predicted octanol–water partition coefficient (Wildman–Crippen LogP) is 2.29. The van der Waals surface area contributed by atoms with Gasteiger partial charge in [-0.15, -0.1) is 0 Å². The Bertz CT molecular complexity index is 333. The van der Waals surface area contributed by atoms with E-state index in [1.54, 1.807) is 0 Å². The molecule has 0 spiro atoms. The van der Waals surface area contributed by atoms with Gasteiger partial charge in [-0.2, -0.15) is 0 Å². The molecular weight excluding hydrogens is 222 g/mol. The van der Waals surface area contributed by atoms with Crippen LogP contribution in [0.15, 0.2) is 24.4 Å². The Morgan fingerprint density at radius 1 is 1.39 bits per heavy atom. The van der Waals surface area contributed by atoms with Crippen molar-refractivity contribution in [3.8, 4) is 0 Å². The highest BCUT2D eigenvalue weighted by atomic mass is 15.2. The summed E-state index contributed by atoms with van der Waals surface area (Å²) in [5.74, 6) is 0.975. The van der Waals surface area contributed by atoms with E-state index in [1.165, 1.54) is 19.4 Å². The molecule has 0 radical (unpaired) electrons. The Kier molecular flexibility index (Phi) is 5.14. The third kappa shape index (κ3) is 4.75. The van der Waals surface area contributed by atoms with Gasteiger partial charge in [0.05, 0.1) is 5.69 Å². The van der Waals surface area contributed by atoms with E-state index in [9.17, 15) is 0 Å². The number of hydrogen-bond donors (Lipinski definition) is 1. The molecule has 18 heavy (non-hydrogen) atoms. The van der Waals surface area contributed by atoms with Crippen LogP contribution in [0, 0.1) is 5.92 Å². The second-order valence-corrected chi connectivity index (χ2v) is 5.53. The third-order valence-corrected chi connectivity index (χ3v) is 3.53. The maximum Gasteiger partial charge on any atom is 0.0541 e. The third-order valence-electron chi connectivity index (χ3n) is 3.53. The summed E-state index contributed by atoms with van der Waals surface area (Å²) in [5, 5.41) is 3.48. The Hall–Kier alpha value is -0.930. The highest BCUT2D eigenvalue weighted by Gasteiger charge is 2.24. The smallest absolute Gasteiger partial charge is 0.0541 e. The summed E-state index contributed by atoms with van der Waals surface area (Å²) in [7, 11) is 0. The number of rotatable bonds is 8. The van der Waals surface area contributed by atoms with E-state index in [-0.39, 0.29) is 0 Å². The van der Waals surface area contributed by atoms with Gasteiger partial charge < -0.3 is 5.32 Å². The van der Waals surface area contributed by atoms with Crippen LogP contribution < -0.4 is 5.32 Å². The molecule has 0 unspecified atom stereocenters. The molecule has 0 aliphatic heterocycles. The van der Waals surface area contributed by atoms with Crippen molar-refractivity contribution in [3.05, 3.63) is 30.1 Å². The fourth-order valence-electron chi connectivity index (χ4n) is 2.13. The van der Waals surface area contributed by atoms with Crippen molar-refractivity contribution in [2.24, 2.45) is 5.92 Å². The maximum atomic E-state index is 4.31. The molecule has 0 amide bonds. The molecule has 1 fully saturated rings. The molecular formula is C15H25N3. The van der Waals surface area contributed by atoms with Gasteiger partial charge in [0.15, 0.2) is 0 Å². The normalized spacial score (nSPS) is 15.6. The van der Waals surface area contributed by atoms with Gasteiger partial charge >= 0.3 is 0 Å². The second-order valence-electron chi connectivity index (χ2n) is 5.53. The highest BCUT2D eigenvalue weighted by molar-refractivity contribution is 5.02. The van der Waals surface area contributed by atoms with Crippen LogP contribution >= 0.6 is 0 Å². The van der Waals surface area contributed by atoms with Gasteiger partial charge in [0.2, 0.25) is 0 Å². The van der Waals surface area contributed by atoms with Crippen LogP contribution in [0.1, 0.15) is 32.4 Å². The maximum absolute atomic E-state index is 4.31. The molecule has 0 saturated heterocycles. The van der Waals surface area contributed by atoms with E-state index >= 15 is 0 Å². The van der Waals surface area contributed by atoms with Crippen molar-refractivity contribution >= 4 is 0 Å². The topological polar surface area (TPSA) is 28.2 Å². The minimum absolute atomic E-state index is 0.655. The fraction of sp³-hybridized carbons (Fsp3) is 0.667. The number of pyridine rings is 1. The minimum Gasteiger partial charge on any atom is -0.310 e. The summed E-state index contributed by atoms with van der Waals surface area (Å²) in [5.41, 5.74) is 1.12. The van der Waals surface area contributed by atoms with Crippen molar-refractivity contribution in [2.45, 2.75) is 39.3 Å². The average molecular weight is 247 g/mol. The predicted molar refractivity (Wildman–Crippen MR) is 75.4 cm³/mol. The molecule has 1 aromatic heterocycles. The van der Waals surface area contributed by atoms with Crippen molar-refractivity contribution in [3.63, 3.8) is 0 Å². The molecule has 0 atom stereocenters. The van der Waals surface area contributed by atoms with Crippen LogP contribution in [-0.4, -0.2) is 35.6 Å². The Labute approximate surface area is 111 Å². The summed E-state index contributed by atoms with van der Waals surface area (Å²) < 4.78 is 0. The number of hydrogen-bond acceptors (Lipinski definition) is 3. The van der Waals surface area contributed by atoms with Crippen molar-refractivity contribution in [1.82, 2.24) is 15.2 Å². The molecule has 0 aromatic carbocycles. The lowest BCUT2D eigenvalue weighted by Crippen LogP contribution is -2.38. The van der Waals surface area contributed by atoms with E-state index in [2.05, 4.69) is 35.1 Å². The monoisotopic (exact) mass is 247 g/mol. The van der Waals surface area contributed by atoms with Crippen molar-refractivity contribution in [2.75, 3.05) is 19.6 Å². The Balaban J connectivity index is 1.63. The van der Waals surface area contributed by atoms with Crippen molar-refractivity contribution < 1.29 is 0 Å². The summed E-state index contributed by atoms with van der Waals surface area (Å²) in [6, 6.07) is 6.72. The van der Waals surface area contributed by atoms with E-state index in [0.717, 1.165) is 31.2 Å². The molecule has 1 aliphatic carbocycles. The van der Waals surface area contributed by atoms with Gasteiger partial charge in [0.1, 0.15) is 0 Å². The first-order valence-corrected chi connectivity index (χ1v) is 7.10. The molecule has 3 heteroatoms. The van der Waals surface area contributed by atoms with Gasteiger partial charge in [0, 0.05) is 38.4 Å². The van der Waals surface area contributed by atoms with E-state index < -0.39 is 0 Å². The Morgan fingerprint density at radius 2 is 2.22 bits per heavy atom. The number of nitrogens with zero attached hydrogens (tertiary/aromatic N) is 2. The molecule has 1 aliphatic rings. The van der Waals surface area contributed by atoms with Gasteiger partial charge in [-0.1, -0.05) is 6.07 Å². The van der Waals surface area contributed by atoms with Gasteiger partial charge in [-0.25, -0.2) is 0 Å². The Morgan fingerprint density at radius 3 is 2.83 bits per heavy atom. The minimum atomic E-state index is 0.655. The quantitative estimate of drug-likeness (QED) is 0.714. The van der Waals surface area contributed by atoms with Gasteiger partial charge in [0.25, 0.3) is 0 Å². The zero-order valence-electron chi connectivity index (χ0n) is 11.6. The van der Waals surface area contributed by atoms with Gasteiger partial charge in [-0.05, 0) is 44.7 Å². The molecule has 1 N–H and O–H groups in total. The van der Waals surface area contributed by atoms with Crippen LogP contribution in [0.3, 0.4) is 0 Å². The summed E-state index contributed by atoms with van der Waals surface area (Å²) >= 11 is 0. The summed E-state index contributed by atoms with van der Waals surface area (Å²) in [4.78, 5) is 6.90. The first kappa shape index (κ1) is 13.5. The summed E-state index contributed by atoms with van der Waals surface area (Å²) in [6.07, 6.45) is 4.72. The molecule has 2 rings (SSSR count). The fourth-order valence-corrected chi connectivity index (χ4v) is 2.13. The first-order chi connectivity index (χ1) is 8.75. The van der Waals surface area contributed by atoms with Crippen molar-refractivity contribution in [1.29, 1.82) is 0 Å². The van der Waals surface area contributed by atoms with Gasteiger partial charge in [-0.3, -0.25) is 9.88 Å². The highest BCUT2D eigenvalue weighted by Crippen LogP contribution is 2.30. The van der Waals surface area contributed by atoms with Crippen LogP contribution in [0.25, 0.3) is 0 Å². The second kappa shape index (κ2) is 6.86. The van der Waals surface area contributed by atoms with Crippen LogP contribution in [0.5, 0.6) is 0 Å². The molecule has 0 bridgehead atoms. The van der Waals surface area contributed by atoms with Crippen LogP contribution in [0.4, 0.5) is 0 Å². The van der Waals surface area contributed by atoms with E-state index in [4.69, 9.17) is 0 Å². The molecule has 1 saturated carbocycles. The molecule has 3 nitrogen and oxygen atoms in total. The standard InChI is InChI=1S/C15H25N3/c1-13(2)18(12-14-6-7-14)10-9-16-11-15-5-3-4-8-17-15/h3-5,8,13-14,16H,6-7,9-12H2,1-2H3. The average Bonchev–Trinajstić information content (AvgIpc) is 3.18. The summed E-state index contributed by atoms with van der Waals surface area (Å²) in [6.45, 7) is 8.92. The number of aromatic nitrogens is 1. The number of nitrogens with one attached hydrogen (secondary N) is 1. The van der Waals surface area contributed by atoms with Crippen LogP contribution in [-0.2, 0) is 6.54 Å². The lowest BCUT2D eigenvalue weighted by molar-refractivity contribution is 0.213. The van der Waals surface area contributed by atoms with E-state index in [1.807, 2.05) is 18.3 Å². The molecule has 1 aromatic rings. The zero-order valence-corrected chi connectivity index (χ0v) is 11.6. The zero-order chi connectivity index (χ0) is 12.8. The van der Waals surface area contributed by atoms with Crippen LogP contribution in [0.2, 0.25) is 0 Å². The molecule has 1 heterocycles. The lowest BCUT2D eigenvalue weighted by atomic mass is 10.2. The SMILES string of the molecule is CC(C)N(CCNCc1ccccn1)CC1CC1. The largest absolute Gasteiger partial charge is 0.310 e. The first-order valence-electron chi connectivity index (χ1n) is 7.10. The lowest BCUT2D eigenvalue weighted by Gasteiger charge is -2.26. The molecule has 100 valence electrons. The van der Waals surface area contributed by atoms with E-state index in [0.29, 0.717) is 6.04 Å².